The summed E-state index contributed by atoms with van der Waals surface area (Å²) in [5.74, 6) is -0.270. The average Bonchev–Trinajstić information content (AvgIpc) is 3.26. The predicted octanol–water partition coefficient (Wildman–Crippen LogP) is 4.03. The van der Waals surface area contributed by atoms with Crippen LogP contribution in [0.25, 0.3) is 0 Å². The van der Waals surface area contributed by atoms with E-state index in [9.17, 15) is 22.8 Å². The van der Waals surface area contributed by atoms with Crippen LogP contribution in [0.5, 0.6) is 0 Å². The minimum Gasteiger partial charge on any atom is -0.355 e. The molecule has 2 fully saturated rings. The number of nitrogens with zero attached hydrogens (tertiary/aromatic N) is 2. The number of amides is 3. The highest BCUT2D eigenvalue weighted by molar-refractivity contribution is 5.80. The number of hydrogen-bond acceptors (Lipinski definition) is 2. The summed E-state index contributed by atoms with van der Waals surface area (Å²) in [5.41, 5.74) is -0.790. The van der Waals surface area contributed by atoms with Crippen LogP contribution in [0.15, 0.2) is 24.3 Å². The van der Waals surface area contributed by atoms with E-state index in [4.69, 9.17) is 0 Å². The van der Waals surface area contributed by atoms with Crippen molar-refractivity contribution in [3.8, 4) is 0 Å². The van der Waals surface area contributed by atoms with Gasteiger partial charge in [-0.25, -0.2) is 4.79 Å². The number of rotatable bonds is 4. The van der Waals surface area contributed by atoms with Gasteiger partial charge in [-0.05, 0) is 37.3 Å². The summed E-state index contributed by atoms with van der Waals surface area (Å²) >= 11 is 0. The number of halogens is 3. The largest absolute Gasteiger partial charge is 0.416 e. The fourth-order valence-electron chi connectivity index (χ4n) is 4.11. The van der Waals surface area contributed by atoms with E-state index in [2.05, 4.69) is 5.32 Å². The molecule has 0 aromatic heterocycles. The van der Waals surface area contributed by atoms with E-state index >= 15 is 0 Å². The molecule has 0 atom stereocenters. The summed E-state index contributed by atoms with van der Waals surface area (Å²) in [5, 5.41) is 2.91. The normalized spacial score (nSPS) is 18.6. The van der Waals surface area contributed by atoms with Crippen molar-refractivity contribution in [3.05, 3.63) is 35.4 Å². The third kappa shape index (κ3) is 5.26. The van der Waals surface area contributed by atoms with Gasteiger partial charge < -0.3 is 15.1 Å². The molecule has 166 valence electrons. The van der Waals surface area contributed by atoms with Crippen LogP contribution in [-0.2, 0) is 16.4 Å². The topological polar surface area (TPSA) is 52.7 Å². The van der Waals surface area contributed by atoms with Gasteiger partial charge in [-0.3, -0.25) is 4.79 Å². The van der Waals surface area contributed by atoms with Crippen LogP contribution in [0.1, 0.15) is 50.7 Å². The van der Waals surface area contributed by atoms with Crippen molar-refractivity contribution >= 4 is 11.9 Å². The van der Waals surface area contributed by atoms with Crippen molar-refractivity contribution in [1.29, 1.82) is 0 Å². The lowest BCUT2D eigenvalue weighted by atomic mass is 9.83. The molecule has 1 aromatic carbocycles. The van der Waals surface area contributed by atoms with Gasteiger partial charge in [0.25, 0.3) is 0 Å². The van der Waals surface area contributed by atoms with Crippen molar-refractivity contribution in [1.82, 2.24) is 15.1 Å². The highest BCUT2D eigenvalue weighted by atomic mass is 19.4. The van der Waals surface area contributed by atoms with E-state index in [0.29, 0.717) is 31.5 Å². The van der Waals surface area contributed by atoms with Crippen molar-refractivity contribution in [2.45, 2.75) is 51.1 Å². The molecule has 2 heterocycles. The first-order valence-electron chi connectivity index (χ1n) is 10.6. The zero-order chi connectivity index (χ0) is 21.9. The monoisotopic (exact) mass is 425 g/mol. The number of alkyl halides is 3. The molecule has 30 heavy (non-hydrogen) atoms. The molecule has 1 N–H and O–H groups in total. The predicted molar refractivity (Wildman–Crippen MR) is 108 cm³/mol. The fourth-order valence-corrected chi connectivity index (χ4v) is 4.11. The molecular weight excluding hydrogens is 395 g/mol. The third-order valence-electron chi connectivity index (χ3n) is 6.19. The standard InChI is InChI=1S/C22H30F3N3O2/c1-21(2,17-6-5-7-18(14-17)22(23,24)25)15-26-19(29)16-8-12-28(13-9-16)20(30)27-10-3-4-11-27/h5-7,14,16H,3-4,8-13,15H2,1-2H3,(H,26,29). The Kier molecular flexibility index (Phi) is 6.62. The Balaban J connectivity index is 1.51. The minimum atomic E-state index is -4.39. The lowest BCUT2D eigenvalue weighted by Crippen LogP contribution is -2.48. The second-order valence-electron chi connectivity index (χ2n) is 8.92. The number of piperidine rings is 1. The van der Waals surface area contributed by atoms with Crippen molar-refractivity contribution in [2.24, 2.45) is 5.92 Å². The molecule has 0 radical (unpaired) electrons. The van der Waals surface area contributed by atoms with Gasteiger partial charge in [0.2, 0.25) is 5.91 Å². The van der Waals surface area contributed by atoms with E-state index in [1.165, 1.54) is 6.07 Å². The van der Waals surface area contributed by atoms with Gasteiger partial charge in [-0.15, -0.1) is 0 Å². The zero-order valence-corrected chi connectivity index (χ0v) is 17.6. The minimum absolute atomic E-state index is 0.0667. The number of carbonyl (C=O) groups is 2. The molecule has 0 bridgehead atoms. The molecule has 0 unspecified atom stereocenters. The van der Waals surface area contributed by atoms with E-state index in [-0.39, 0.29) is 24.4 Å². The Hall–Kier alpha value is -2.25. The summed E-state index contributed by atoms with van der Waals surface area (Å²) in [6.07, 6.45) is -1.08. The maximum Gasteiger partial charge on any atom is 0.416 e. The molecule has 3 amide bonds. The van der Waals surface area contributed by atoms with Crippen LogP contribution in [0.4, 0.5) is 18.0 Å². The van der Waals surface area contributed by atoms with Crippen LogP contribution < -0.4 is 5.32 Å². The number of likely N-dealkylation sites (tertiary alicyclic amines) is 2. The van der Waals surface area contributed by atoms with Gasteiger partial charge >= 0.3 is 12.2 Å². The number of hydrogen-bond donors (Lipinski definition) is 1. The average molecular weight is 425 g/mol. The second-order valence-corrected chi connectivity index (χ2v) is 8.92. The summed E-state index contributed by atoms with van der Waals surface area (Å²) in [6.45, 7) is 6.63. The van der Waals surface area contributed by atoms with E-state index in [1.807, 2.05) is 23.6 Å². The summed E-state index contributed by atoms with van der Waals surface area (Å²) in [6, 6.07) is 5.32. The van der Waals surface area contributed by atoms with Crippen molar-refractivity contribution < 1.29 is 22.8 Å². The first-order chi connectivity index (χ1) is 14.1. The van der Waals surface area contributed by atoms with Crippen molar-refractivity contribution in [2.75, 3.05) is 32.7 Å². The van der Waals surface area contributed by atoms with Crippen LogP contribution in [0.3, 0.4) is 0 Å². The smallest absolute Gasteiger partial charge is 0.355 e. The maximum atomic E-state index is 13.0. The van der Waals surface area contributed by atoms with Crippen LogP contribution in [-0.4, -0.2) is 54.5 Å². The summed E-state index contributed by atoms with van der Waals surface area (Å²) in [4.78, 5) is 28.8. The Morgan fingerprint density at radius 3 is 2.17 bits per heavy atom. The maximum absolute atomic E-state index is 13.0. The molecule has 1 aromatic rings. The van der Waals surface area contributed by atoms with Crippen LogP contribution >= 0.6 is 0 Å². The van der Waals surface area contributed by atoms with Gasteiger partial charge in [0.15, 0.2) is 0 Å². The number of benzene rings is 1. The highest BCUT2D eigenvalue weighted by Gasteiger charge is 2.33. The van der Waals surface area contributed by atoms with Gasteiger partial charge in [0.1, 0.15) is 0 Å². The van der Waals surface area contributed by atoms with E-state index in [1.54, 1.807) is 6.07 Å². The van der Waals surface area contributed by atoms with Crippen molar-refractivity contribution in [3.63, 3.8) is 0 Å². The SMILES string of the molecule is CC(C)(CNC(=O)C1CCN(C(=O)N2CCCC2)CC1)c1cccc(C(F)(F)F)c1. The zero-order valence-electron chi connectivity index (χ0n) is 17.6. The summed E-state index contributed by atoms with van der Waals surface area (Å²) in [7, 11) is 0. The second kappa shape index (κ2) is 8.86. The van der Waals surface area contributed by atoms with Crippen LogP contribution in [0, 0.1) is 5.92 Å². The lowest BCUT2D eigenvalue weighted by molar-refractivity contribution is -0.137. The number of nitrogens with one attached hydrogen (secondary N) is 1. The molecule has 0 saturated carbocycles. The number of carbonyl (C=O) groups excluding carboxylic acids is 2. The quantitative estimate of drug-likeness (QED) is 0.792. The molecule has 3 rings (SSSR count). The molecule has 5 nitrogen and oxygen atoms in total. The molecular formula is C22H30F3N3O2. The summed E-state index contributed by atoms with van der Waals surface area (Å²) < 4.78 is 39.0. The molecule has 8 heteroatoms. The first kappa shape index (κ1) is 22.4. The fraction of sp³-hybridized carbons (Fsp3) is 0.636. The Bertz CT molecular complexity index is 765. The Morgan fingerprint density at radius 2 is 1.57 bits per heavy atom. The van der Waals surface area contributed by atoms with Crippen LogP contribution in [0.2, 0.25) is 0 Å². The third-order valence-corrected chi connectivity index (χ3v) is 6.19. The van der Waals surface area contributed by atoms with Gasteiger partial charge in [0, 0.05) is 44.1 Å². The van der Waals surface area contributed by atoms with E-state index in [0.717, 1.165) is 38.1 Å². The van der Waals surface area contributed by atoms with Gasteiger partial charge in [0.05, 0.1) is 5.56 Å². The molecule has 0 spiro atoms. The molecule has 0 aliphatic carbocycles. The number of urea groups is 1. The van der Waals surface area contributed by atoms with Gasteiger partial charge in [-0.2, -0.15) is 13.2 Å². The molecule has 2 saturated heterocycles. The highest BCUT2D eigenvalue weighted by Crippen LogP contribution is 2.32. The molecule has 2 aliphatic heterocycles. The first-order valence-corrected chi connectivity index (χ1v) is 10.6. The Morgan fingerprint density at radius 1 is 1.00 bits per heavy atom. The Labute approximate surface area is 175 Å². The molecule has 2 aliphatic rings. The van der Waals surface area contributed by atoms with E-state index < -0.39 is 17.2 Å². The lowest BCUT2D eigenvalue weighted by Gasteiger charge is -2.34. The van der Waals surface area contributed by atoms with Gasteiger partial charge in [-0.1, -0.05) is 32.0 Å².